The van der Waals surface area contributed by atoms with Crippen molar-refractivity contribution in [1.82, 2.24) is 4.98 Å². The number of nitrogens with zero attached hydrogens (tertiary/aromatic N) is 1. The molecule has 1 heterocycles. The molecule has 0 aliphatic carbocycles. The van der Waals surface area contributed by atoms with E-state index in [9.17, 15) is 4.79 Å². The molecule has 5 heteroatoms. The summed E-state index contributed by atoms with van der Waals surface area (Å²) in [6.45, 7) is 0. The number of rotatable bonds is 1. The molecule has 11 heavy (non-hydrogen) atoms. The summed E-state index contributed by atoms with van der Waals surface area (Å²) in [4.78, 5) is 13.9. The second-order valence-corrected chi connectivity index (χ2v) is 2.06. The molecule has 1 radical (unpaired) electrons. The number of carbonyl (C=O) groups is 1. The van der Waals surface area contributed by atoms with Crippen molar-refractivity contribution in [3.63, 3.8) is 0 Å². The molecular weight excluding hydrogens is 305 g/mol. The minimum Gasteiger partial charge on any atom is -0.478 e. The molecule has 0 unspecified atom stereocenters. The number of halogens is 1. The van der Waals surface area contributed by atoms with Gasteiger partial charge in [0.15, 0.2) is 0 Å². The van der Waals surface area contributed by atoms with Gasteiger partial charge in [-0.3, -0.25) is 0 Å². The van der Waals surface area contributed by atoms with E-state index in [1.54, 1.807) is 0 Å². The monoisotopic (exact) mass is 310 g/mol. The molecule has 0 atom stereocenters. The molecule has 0 bridgehead atoms. The van der Waals surface area contributed by atoms with Gasteiger partial charge in [0.25, 0.3) is 0 Å². The number of aromatic nitrogens is 1. The molecule has 0 spiro atoms. The average Bonchev–Trinajstić information content (AvgIpc) is 1.88. The summed E-state index contributed by atoms with van der Waals surface area (Å²) in [5.74, 6) is -0.996. The normalized spacial score (nSPS) is 8.45. The van der Waals surface area contributed by atoms with Crippen molar-refractivity contribution in [1.29, 1.82) is 0 Å². The number of aromatic carboxylic acids is 1. The first-order chi connectivity index (χ1) is 4.70. The van der Waals surface area contributed by atoms with Gasteiger partial charge in [-0.1, -0.05) is 11.6 Å². The minimum atomic E-state index is -0.996. The predicted molar refractivity (Wildman–Crippen MR) is 36.2 cm³/mol. The Morgan fingerprint density at radius 3 is 2.64 bits per heavy atom. The Labute approximate surface area is 109 Å². The van der Waals surface area contributed by atoms with Gasteiger partial charge >= 0.3 is 5.97 Å². The zero-order valence-electron chi connectivity index (χ0n) is 5.29. The summed E-state index contributed by atoms with van der Waals surface area (Å²) in [6.07, 6.45) is 1.35. The molecule has 0 saturated carbocycles. The van der Waals surface area contributed by atoms with Crippen LogP contribution < -0.4 is 0 Å². The molecule has 0 saturated heterocycles. The Balaban J connectivity index is 0.000001000. The van der Waals surface area contributed by atoms with Crippen LogP contribution in [-0.4, -0.2) is 16.1 Å². The summed E-state index contributed by atoms with van der Waals surface area (Å²) in [6, 6.07) is 2.68. The van der Waals surface area contributed by atoms with Gasteiger partial charge in [0.1, 0.15) is 5.15 Å². The maximum atomic E-state index is 10.3. The summed E-state index contributed by atoms with van der Waals surface area (Å²) in [5.41, 5.74) is 0.153. The molecule has 0 fully saturated rings. The SMILES string of the molecule is O=C(O)c1ccnc(Cl)c1.[Eu]. The van der Waals surface area contributed by atoms with Crippen molar-refractivity contribution in [2.45, 2.75) is 0 Å². The van der Waals surface area contributed by atoms with Crippen LogP contribution >= 0.6 is 11.6 Å². The van der Waals surface area contributed by atoms with E-state index in [0.717, 1.165) is 0 Å². The third kappa shape index (κ3) is 3.60. The van der Waals surface area contributed by atoms with E-state index in [-0.39, 0.29) is 60.1 Å². The van der Waals surface area contributed by atoms with Gasteiger partial charge < -0.3 is 5.11 Å². The van der Waals surface area contributed by atoms with Crippen molar-refractivity contribution < 1.29 is 59.3 Å². The quantitative estimate of drug-likeness (QED) is 0.799. The van der Waals surface area contributed by atoms with Crippen LogP contribution in [0.25, 0.3) is 0 Å². The molecule has 0 aromatic carbocycles. The number of pyridine rings is 1. The summed E-state index contributed by atoms with van der Waals surface area (Å²) in [5, 5.41) is 8.62. The van der Waals surface area contributed by atoms with Crippen molar-refractivity contribution >= 4 is 17.6 Å². The first-order valence-corrected chi connectivity index (χ1v) is 2.93. The summed E-state index contributed by atoms with van der Waals surface area (Å²) < 4.78 is 0. The van der Waals surface area contributed by atoms with E-state index >= 15 is 0 Å². The molecule has 3 nitrogen and oxygen atoms in total. The van der Waals surface area contributed by atoms with E-state index in [0.29, 0.717) is 0 Å². The van der Waals surface area contributed by atoms with Crippen molar-refractivity contribution in [3.8, 4) is 0 Å². The predicted octanol–water partition coefficient (Wildman–Crippen LogP) is 1.43. The van der Waals surface area contributed by atoms with Crippen LogP contribution in [0.15, 0.2) is 18.3 Å². The molecule has 1 aromatic rings. The number of carboxylic acid groups (broad SMARTS) is 1. The number of hydrogen-bond donors (Lipinski definition) is 1. The van der Waals surface area contributed by atoms with E-state index in [1.807, 2.05) is 0 Å². The molecule has 0 amide bonds. The standard InChI is InChI=1S/C6H4ClNO2.Eu/c7-5-3-4(6(9)10)1-2-8-5;/h1-3H,(H,9,10);. The third-order valence-corrected chi connectivity index (χ3v) is 1.18. The minimum absolute atomic E-state index is 0. The van der Waals surface area contributed by atoms with Crippen LogP contribution in [0.4, 0.5) is 0 Å². The third-order valence-electron chi connectivity index (χ3n) is 0.974. The van der Waals surface area contributed by atoms with Crippen LogP contribution in [0.1, 0.15) is 10.4 Å². The molecular formula is C6H4ClEuNO2. The van der Waals surface area contributed by atoms with Gasteiger partial charge in [-0.05, 0) is 12.1 Å². The first-order valence-electron chi connectivity index (χ1n) is 2.55. The fraction of sp³-hybridized carbons (Fsp3) is 0. The molecule has 1 aromatic heterocycles. The van der Waals surface area contributed by atoms with E-state index in [4.69, 9.17) is 16.7 Å². The van der Waals surface area contributed by atoms with Gasteiger partial charge in [0.05, 0.1) is 5.56 Å². The zero-order chi connectivity index (χ0) is 7.56. The maximum Gasteiger partial charge on any atom is 0.335 e. The Morgan fingerprint density at radius 1 is 1.64 bits per heavy atom. The molecule has 1 rings (SSSR count). The largest absolute Gasteiger partial charge is 0.478 e. The van der Waals surface area contributed by atoms with Crippen LogP contribution in [0, 0.1) is 49.4 Å². The fourth-order valence-corrected chi connectivity index (χ4v) is 0.709. The Morgan fingerprint density at radius 2 is 2.27 bits per heavy atom. The van der Waals surface area contributed by atoms with Crippen molar-refractivity contribution in [2.75, 3.05) is 0 Å². The molecule has 59 valence electrons. The molecule has 1 N–H and O–H groups in total. The second kappa shape index (κ2) is 5.20. The van der Waals surface area contributed by atoms with Crippen LogP contribution in [-0.2, 0) is 0 Å². The van der Waals surface area contributed by atoms with Crippen LogP contribution in [0.5, 0.6) is 0 Å². The van der Waals surface area contributed by atoms with Gasteiger partial charge in [-0.2, -0.15) is 0 Å². The Hall–Kier alpha value is 0.494. The summed E-state index contributed by atoms with van der Waals surface area (Å²) >= 11 is 5.41. The second-order valence-electron chi connectivity index (χ2n) is 1.67. The Kier molecular flexibility index (Phi) is 5.43. The van der Waals surface area contributed by atoms with Crippen molar-refractivity contribution in [2.24, 2.45) is 0 Å². The topological polar surface area (TPSA) is 50.2 Å². The maximum absolute atomic E-state index is 10.3. The fourth-order valence-electron chi connectivity index (χ4n) is 0.535. The van der Waals surface area contributed by atoms with Gasteiger partial charge in [-0.15, -0.1) is 0 Å². The summed E-state index contributed by atoms with van der Waals surface area (Å²) in [7, 11) is 0. The smallest absolute Gasteiger partial charge is 0.335 e. The zero-order valence-corrected chi connectivity index (χ0v) is 8.47. The number of carboxylic acids is 1. The number of hydrogen-bond acceptors (Lipinski definition) is 2. The van der Waals surface area contributed by atoms with E-state index < -0.39 is 5.97 Å². The Bertz CT molecular complexity index is 267. The van der Waals surface area contributed by atoms with Crippen molar-refractivity contribution in [3.05, 3.63) is 29.0 Å². The average molecular weight is 310 g/mol. The molecule has 0 aliphatic heterocycles. The van der Waals surface area contributed by atoms with Crippen LogP contribution in [0.3, 0.4) is 0 Å². The van der Waals surface area contributed by atoms with E-state index in [1.165, 1.54) is 18.3 Å². The van der Waals surface area contributed by atoms with Gasteiger partial charge in [-0.25, -0.2) is 9.78 Å². The molecule has 0 aliphatic rings. The van der Waals surface area contributed by atoms with E-state index in [2.05, 4.69) is 4.98 Å². The first kappa shape index (κ1) is 11.5. The van der Waals surface area contributed by atoms with Gasteiger partial charge in [0.2, 0.25) is 0 Å². The van der Waals surface area contributed by atoms with Crippen LogP contribution in [0.2, 0.25) is 5.15 Å². The van der Waals surface area contributed by atoms with Gasteiger partial charge in [0, 0.05) is 55.6 Å².